The van der Waals surface area contributed by atoms with Crippen LogP contribution < -0.4 is 16.4 Å². The number of hydrogen-bond donors (Lipinski definition) is 3. The number of carbonyl (C=O) groups excluding carboxylic acids is 3. The van der Waals surface area contributed by atoms with E-state index in [0.29, 0.717) is 10.9 Å². The van der Waals surface area contributed by atoms with E-state index in [9.17, 15) is 14.4 Å². The summed E-state index contributed by atoms with van der Waals surface area (Å²) in [6.07, 6.45) is -0.713. The number of benzene rings is 1. The highest BCUT2D eigenvalue weighted by Crippen LogP contribution is 2.22. The molecule has 28 heavy (non-hydrogen) atoms. The van der Waals surface area contributed by atoms with Crippen molar-refractivity contribution in [2.24, 2.45) is 5.73 Å². The van der Waals surface area contributed by atoms with E-state index in [-0.39, 0.29) is 19.4 Å². The van der Waals surface area contributed by atoms with Crippen LogP contribution in [0.2, 0.25) is 5.02 Å². The van der Waals surface area contributed by atoms with E-state index >= 15 is 0 Å². The van der Waals surface area contributed by atoms with Crippen LogP contribution in [0.25, 0.3) is 0 Å². The summed E-state index contributed by atoms with van der Waals surface area (Å²) in [4.78, 5) is 35.6. The van der Waals surface area contributed by atoms with Gasteiger partial charge in [-0.2, -0.15) is 0 Å². The third-order valence-electron chi connectivity index (χ3n) is 3.88. The number of nitrogens with one attached hydrogen (secondary N) is 2. The van der Waals surface area contributed by atoms with Crippen LogP contribution in [0.1, 0.15) is 64.5 Å². The van der Waals surface area contributed by atoms with Crippen molar-refractivity contribution in [3.8, 4) is 0 Å². The van der Waals surface area contributed by atoms with Crippen molar-refractivity contribution in [3.63, 3.8) is 0 Å². The van der Waals surface area contributed by atoms with Crippen LogP contribution in [0.4, 0.5) is 4.79 Å². The first kappa shape index (κ1) is 23.8. The Hall–Kier alpha value is -2.28. The number of ether oxygens (including phenoxy) is 1. The van der Waals surface area contributed by atoms with E-state index in [1.54, 1.807) is 20.8 Å². The Morgan fingerprint density at radius 3 is 2.36 bits per heavy atom. The van der Waals surface area contributed by atoms with E-state index < -0.39 is 29.6 Å². The molecule has 156 valence electrons. The molecule has 0 spiro atoms. The fourth-order valence-electron chi connectivity index (χ4n) is 2.38. The highest BCUT2D eigenvalue weighted by Gasteiger charge is 2.24. The third-order valence-corrected chi connectivity index (χ3v) is 4.24. The van der Waals surface area contributed by atoms with E-state index in [1.165, 1.54) is 0 Å². The fourth-order valence-corrected chi connectivity index (χ4v) is 2.63. The van der Waals surface area contributed by atoms with Crippen LogP contribution >= 0.6 is 11.6 Å². The molecule has 1 atom stereocenters. The molecule has 7 nitrogen and oxygen atoms in total. The van der Waals surface area contributed by atoms with Gasteiger partial charge in [0.2, 0.25) is 11.8 Å². The number of alkyl carbamates (subject to hydrolysis) is 1. The molecule has 0 unspecified atom stereocenters. The second kappa shape index (κ2) is 10.3. The summed E-state index contributed by atoms with van der Waals surface area (Å²) in [6, 6.07) is 4.74. The van der Waals surface area contributed by atoms with Crippen molar-refractivity contribution in [2.45, 2.75) is 71.6 Å². The molecular formula is C20H30ClN3O4. The number of primary amides is 1. The first-order valence-electron chi connectivity index (χ1n) is 9.23. The molecule has 1 aromatic carbocycles. The quantitative estimate of drug-likeness (QED) is 0.609. The molecule has 1 aromatic rings. The number of amides is 3. The van der Waals surface area contributed by atoms with Crippen LogP contribution in [0.15, 0.2) is 18.2 Å². The van der Waals surface area contributed by atoms with Gasteiger partial charge in [-0.25, -0.2) is 4.79 Å². The van der Waals surface area contributed by atoms with Gasteiger partial charge < -0.3 is 21.1 Å². The molecular weight excluding hydrogens is 382 g/mol. The van der Waals surface area contributed by atoms with Gasteiger partial charge >= 0.3 is 6.09 Å². The lowest BCUT2D eigenvalue weighted by molar-refractivity contribution is -0.124. The van der Waals surface area contributed by atoms with Crippen LogP contribution in [-0.4, -0.2) is 29.6 Å². The van der Waals surface area contributed by atoms with Crippen molar-refractivity contribution in [2.75, 3.05) is 0 Å². The molecule has 8 heteroatoms. The highest BCUT2D eigenvalue weighted by atomic mass is 35.5. The number of halogens is 1. The molecule has 1 rings (SSSR count). The summed E-state index contributed by atoms with van der Waals surface area (Å²) < 4.78 is 5.18. The molecule has 3 amide bonds. The molecule has 0 radical (unpaired) electrons. The van der Waals surface area contributed by atoms with Gasteiger partial charge in [-0.15, -0.1) is 0 Å². The summed E-state index contributed by atoms with van der Waals surface area (Å²) in [5.74, 6) is -0.662. The average Bonchev–Trinajstić information content (AvgIpc) is 2.55. The maximum absolute atomic E-state index is 12.5. The first-order valence-corrected chi connectivity index (χ1v) is 9.60. The predicted octanol–water partition coefficient (Wildman–Crippen LogP) is 3.24. The zero-order valence-electron chi connectivity index (χ0n) is 17.1. The Bertz CT molecular complexity index is 714. The lowest BCUT2D eigenvalue weighted by Gasteiger charge is -2.23. The topological polar surface area (TPSA) is 111 Å². The molecule has 0 heterocycles. The Kier molecular flexibility index (Phi) is 8.75. The minimum Gasteiger partial charge on any atom is -0.444 e. The highest BCUT2D eigenvalue weighted by molar-refractivity contribution is 6.31. The van der Waals surface area contributed by atoms with Crippen molar-refractivity contribution >= 4 is 29.5 Å². The van der Waals surface area contributed by atoms with Gasteiger partial charge in [0.15, 0.2) is 0 Å². The molecule has 0 aliphatic heterocycles. The number of hydrogen-bond acceptors (Lipinski definition) is 4. The maximum atomic E-state index is 12.5. The van der Waals surface area contributed by atoms with Crippen LogP contribution in [0, 0.1) is 0 Å². The van der Waals surface area contributed by atoms with E-state index in [0.717, 1.165) is 11.1 Å². The zero-order valence-corrected chi connectivity index (χ0v) is 17.9. The lowest BCUT2D eigenvalue weighted by atomic mass is 10.0. The maximum Gasteiger partial charge on any atom is 0.408 e. The molecule has 0 saturated heterocycles. The van der Waals surface area contributed by atoms with E-state index in [1.807, 2.05) is 18.2 Å². The average molecular weight is 412 g/mol. The van der Waals surface area contributed by atoms with Crippen molar-refractivity contribution in [1.82, 2.24) is 10.6 Å². The summed E-state index contributed by atoms with van der Waals surface area (Å²) in [5, 5.41) is 5.78. The van der Waals surface area contributed by atoms with Crippen molar-refractivity contribution in [1.29, 1.82) is 0 Å². The summed E-state index contributed by atoms with van der Waals surface area (Å²) in [7, 11) is 0. The van der Waals surface area contributed by atoms with Crippen LogP contribution in [-0.2, 0) is 20.9 Å². The molecule has 0 aliphatic rings. The first-order chi connectivity index (χ1) is 12.9. The molecule has 0 saturated carbocycles. The monoisotopic (exact) mass is 411 g/mol. The van der Waals surface area contributed by atoms with Gasteiger partial charge in [-0.3, -0.25) is 9.59 Å². The number of nitrogens with two attached hydrogens (primary N) is 1. The molecule has 0 aliphatic carbocycles. The van der Waals surface area contributed by atoms with Crippen LogP contribution in [0.3, 0.4) is 0 Å². The van der Waals surface area contributed by atoms with Gasteiger partial charge in [0.25, 0.3) is 0 Å². The molecule has 4 N–H and O–H groups in total. The zero-order chi connectivity index (χ0) is 21.5. The molecule has 0 aromatic heterocycles. The van der Waals surface area contributed by atoms with Gasteiger partial charge in [-0.1, -0.05) is 37.6 Å². The smallest absolute Gasteiger partial charge is 0.408 e. The Balaban J connectivity index is 2.77. The largest absolute Gasteiger partial charge is 0.444 e. The molecule has 0 bridgehead atoms. The fraction of sp³-hybridized carbons (Fsp3) is 0.550. The Morgan fingerprint density at radius 2 is 1.86 bits per heavy atom. The van der Waals surface area contributed by atoms with Crippen LogP contribution in [0.5, 0.6) is 0 Å². The standard InChI is InChI=1S/C20H30ClN3O4/c1-12(2)13-6-7-14(15(21)10-13)11-23-18(26)16(8-9-17(22)25)24-19(27)28-20(3,4)5/h6-7,10,12,16H,8-9,11H2,1-5H3,(H2,22,25)(H,23,26)(H,24,27)/t16-/m0/s1. The second-order valence-electron chi connectivity index (χ2n) is 7.93. The third kappa shape index (κ3) is 8.61. The van der Waals surface area contributed by atoms with E-state index in [2.05, 4.69) is 24.5 Å². The summed E-state index contributed by atoms with van der Waals surface area (Å²) in [6.45, 7) is 9.48. The molecule has 0 fully saturated rings. The van der Waals surface area contributed by atoms with Gasteiger partial charge in [-0.05, 0) is 50.3 Å². The minimum atomic E-state index is -0.948. The minimum absolute atomic E-state index is 0.0439. The van der Waals surface area contributed by atoms with Gasteiger partial charge in [0, 0.05) is 18.0 Å². The van der Waals surface area contributed by atoms with Gasteiger partial charge in [0.05, 0.1) is 0 Å². The summed E-state index contributed by atoms with van der Waals surface area (Å²) >= 11 is 6.29. The van der Waals surface area contributed by atoms with Gasteiger partial charge in [0.1, 0.15) is 11.6 Å². The normalized spacial score (nSPS) is 12.4. The van der Waals surface area contributed by atoms with E-state index in [4.69, 9.17) is 22.1 Å². The Labute approximate surface area is 171 Å². The van der Waals surface area contributed by atoms with Crippen molar-refractivity contribution in [3.05, 3.63) is 34.3 Å². The summed E-state index contributed by atoms with van der Waals surface area (Å²) in [5.41, 5.74) is 6.31. The number of rotatable bonds is 8. The SMILES string of the molecule is CC(C)c1ccc(CNC(=O)[C@H](CCC(N)=O)NC(=O)OC(C)(C)C)c(Cl)c1. The van der Waals surface area contributed by atoms with Crippen molar-refractivity contribution < 1.29 is 19.1 Å². The predicted molar refractivity (Wildman–Crippen MR) is 109 cm³/mol. The Morgan fingerprint density at radius 1 is 1.21 bits per heavy atom. The second-order valence-corrected chi connectivity index (χ2v) is 8.33. The lowest BCUT2D eigenvalue weighted by Crippen LogP contribution is -2.48. The number of carbonyl (C=O) groups is 3.